The number of allylic oxidation sites excluding steroid dienone is 1. The van der Waals surface area contributed by atoms with Crippen molar-refractivity contribution >= 4 is 62.7 Å². The number of nitrogens with one attached hydrogen (secondary N) is 2. The molecule has 1 aliphatic carbocycles. The third-order valence-electron chi connectivity index (χ3n) is 12.8. The molecular weight excluding hydrogens is 1060 g/mol. The number of aromatic nitrogens is 2. The van der Waals surface area contributed by atoms with E-state index in [0.717, 1.165) is 73.9 Å². The average molecular weight is 1110 g/mol. The van der Waals surface area contributed by atoms with E-state index >= 15 is 0 Å². The Balaban J connectivity index is 0.000000230. The molecule has 2 aromatic heterocycles. The Hall–Kier alpha value is -8.33. The van der Waals surface area contributed by atoms with Crippen LogP contribution < -0.4 is 15.4 Å². The van der Waals surface area contributed by atoms with Crippen molar-refractivity contribution in [3.8, 4) is 16.9 Å². The largest absolute Gasteiger partial charge is 0.496 e. The Bertz CT molecular complexity index is 3490. The molecule has 2 N–H and O–H groups in total. The molecule has 0 saturated heterocycles. The first kappa shape index (κ1) is 58.4. The zero-order chi connectivity index (χ0) is 57.1. The van der Waals surface area contributed by atoms with Crippen LogP contribution in [-0.4, -0.2) is 101 Å². The van der Waals surface area contributed by atoms with Crippen LogP contribution in [0.2, 0.25) is 5.02 Å². The second-order valence-electron chi connectivity index (χ2n) is 17.5. The van der Waals surface area contributed by atoms with Gasteiger partial charge in [-0.3, -0.25) is 19.6 Å². The maximum Gasteiger partial charge on any atom is 0.328 e. The van der Waals surface area contributed by atoms with Crippen LogP contribution in [0.3, 0.4) is 0 Å². The van der Waals surface area contributed by atoms with E-state index in [0.29, 0.717) is 74.5 Å². The monoisotopic (exact) mass is 1110 g/mol. The molecule has 2 heterocycles. The summed E-state index contributed by atoms with van der Waals surface area (Å²) in [6, 6.07) is 17.1. The number of carbonyl (C=O) groups excluding carboxylic acids is 4. The number of nitrogens with zero attached hydrogens (tertiary/aromatic N) is 2. The number of esters is 2. The number of hydrogen-bond acceptors (Lipinski definition) is 12. The van der Waals surface area contributed by atoms with Gasteiger partial charge in [0.15, 0.2) is 11.6 Å². The van der Waals surface area contributed by atoms with Crippen LogP contribution in [0.4, 0.5) is 26.3 Å². The van der Waals surface area contributed by atoms with E-state index in [4.69, 9.17) is 40.0 Å². The van der Waals surface area contributed by atoms with Crippen molar-refractivity contribution in [2.75, 3.05) is 48.8 Å². The number of benzene rings is 5. The Labute approximate surface area is 454 Å². The van der Waals surface area contributed by atoms with Crippen LogP contribution in [0.5, 0.6) is 5.75 Å². The third kappa shape index (κ3) is 13.0. The normalized spacial score (nSPS) is 13.9. The average Bonchev–Trinajstić information content (AvgIpc) is 3.47. The van der Waals surface area contributed by atoms with Crippen molar-refractivity contribution in [2.24, 2.45) is 0 Å². The summed E-state index contributed by atoms with van der Waals surface area (Å²) in [5.74, 6) is -9.60. The van der Waals surface area contributed by atoms with E-state index in [9.17, 15) is 45.5 Å². The molecule has 79 heavy (non-hydrogen) atoms. The fraction of sp³-hybridized carbons (Fsp3) is 0.241. The van der Waals surface area contributed by atoms with Crippen molar-refractivity contribution in [1.29, 1.82) is 0 Å². The summed E-state index contributed by atoms with van der Waals surface area (Å²) in [6.45, 7) is 2.94. The molecule has 0 saturated carbocycles. The molecule has 0 spiro atoms. The van der Waals surface area contributed by atoms with E-state index in [1.165, 1.54) is 19.5 Å². The van der Waals surface area contributed by atoms with Gasteiger partial charge in [0.25, 0.3) is 11.8 Å². The minimum absolute atomic E-state index is 0.0963. The van der Waals surface area contributed by atoms with Gasteiger partial charge in [-0.1, -0.05) is 54.1 Å². The van der Waals surface area contributed by atoms with Crippen LogP contribution in [0.25, 0.3) is 38.5 Å². The predicted molar refractivity (Wildman–Crippen MR) is 281 cm³/mol. The van der Waals surface area contributed by atoms with Crippen molar-refractivity contribution in [1.82, 2.24) is 20.6 Å². The van der Waals surface area contributed by atoms with E-state index < -0.39 is 81.9 Å². The highest BCUT2D eigenvalue weighted by atomic mass is 35.5. The van der Waals surface area contributed by atoms with Gasteiger partial charge in [0.2, 0.25) is 0 Å². The molecule has 1 aliphatic rings. The lowest BCUT2D eigenvalue weighted by molar-refractivity contribution is -0.143. The molecule has 1 unspecified atom stereocenters. The maximum absolute atomic E-state index is 14.3. The smallest absolute Gasteiger partial charge is 0.328 e. The van der Waals surface area contributed by atoms with Gasteiger partial charge < -0.3 is 39.1 Å². The molecule has 8 rings (SSSR count). The highest BCUT2D eigenvalue weighted by molar-refractivity contribution is 6.36. The van der Waals surface area contributed by atoms with Gasteiger partial charge in [-0.25, -0.2) is 35.9 Å². The van der Waals surface area contributed by atoms with E-state index in [2.05, 4.69) is 20.6 Å². The molecule has 5 aromatic carbocycles. The fourth-order valence-electron chi connectivity index (χ4n) is 9.04. The van der Waals surface area contributed by atoms with Gasteiger partial charge in [-0.2, -0.15) is 0 Å². The van der Waals surface area contributed by atoms with Gasteiger partial charge in [-0.15, -0.1) is 0 Å². The van der Waals surface area contributed by atoms with Gasteiger partial charge in [0.1, 0.15) is 58.0 Å². The molecule has 3 atom stereocenters. The van der Waals surface area contributed by atoms with Crippen LogP contribution in [0.15, 0.2) is 121 Å². The van der Waals surface area contributed by atoms with Gasteiger partial charge in [0.05, 0.1) is 57.2 Å². The van der Waals surface area contributed by atoms with Crippen molar-refractivity contribution in [2.45, 2.75) is 44.4 Å². The SMILES string of the molecule is CCOCC1=CC(OC)=C(c2ccc(C[C@H](NC(=O)c3c(F)cccc3F)C(=O)OC)c3nccc(Cl)c23)C(OC)C1.COC(=O)[C@H](Cc1ccc(-c2cc(F)c(F)cc2OC)c2cccnc12)NC(=O)c1c(F)cccc1F. The molecule has 0 aliphatic heterocycles. The summed E-state index contributed by atoms with van der Waals surface area (Å²) >= 11 is 6.73. The zero-order valence-electron chi connectivity index (χ0n) is 43.3. The second kappa shape index (κ2) is 26.3. The van der Waals surface area contributed by atoms with Crippen LogP contribution >= 0.6 is 11.6 Å². The Kier molecular flexibility index (Phi) is 19.5. The third-order valence-corrected chi connectivity index (χ3v) is 13.1. The number of rotatable bonds is 18. The van der Waals surface area contributed by atoms with Gasteiger partial charge in [-0.05, 0) is 83.3 Å². The van der Waals surface area contributed by atoms with Crippen LogP contribution in [-0.2, 0) is 46.1 Å². The summed E-state index contributed by atoms with van der Waals surface area (Å²) in [5, 5.41) is 6.23. The molecular formula is C58H51ClF6N4O10. The molecule has 14 nitrogen and oxygen atoms in total. The molecule has 21 heteroatoms. The molecule has 7 aromatic rings. The van der Waals surface area contributed by atoms with Gasteiger partial charge in [0, 0.05) is 73.3 Å². The van der Waals surface area contributed by atoms with Crippen molar-refractivity contribution < 1.29 is 73.9 Å². The number of fused-ring (bicyclic) bond motifs is 2. The number of amides is 2. The van der Waals surface area contributed by atoms with E-state index in [1.54, 1.807) is 50.6 Å². The summed E-state index contributed by atoms with van der Waals surface area (Å²) < 4.78 is 117. The van der Waals surface area contributed by atoms with Crippen LogP contribution in [0, 0.1) is 34.9 Å². The first-order valence-corrected chi connectivity index (χ1v) is 24.6. The number of halogens is 7. The van der Waals surface area contributed by atoms with Gasteiger partial charge >= 0.3 is 11.9 Å². The zero-order valence-corrected chi connectivity index (χ0v) is 44.0. The molecule has 0 bridgehead atoms. The number of carbonyl (C=O) groups is 4. The van der Waals surface area contributed by atoms with E-state index in [-0.39, 0.29) is 30.3 Å². The first-order valence-electron chi connectivity index (χ1n) is 24.2. The summed E-state index contributed by atoms with van der Waals surface area (Å²) in [6.07, 6.45) is 4.91. The standard InChI is InChI=1S/C31H31ClF2N2O6.C27H20F4N2O4/c1-5-42-16-17-13-24(39-2)27(25(14-17)40-3)19-10-9-18(29-26(19)20(32)11-12-35-29)15-23(31(38)41-4)36-30(37)28-21(33)7-6-8-22(28)34;1-36-23-13-21(31)20(30)12-17(23)15-9-8-14(25-16(15)5-4-10-32-25)11-22(27(35)37-2)33-26(34)24-18(28)6-3-7-19(24)29/h6-13,23,25H,5,14-16H2,1-4H3,(H,36,37);3-10,12-13,22H,11H2,1-2H3,(H,33,34)/t23-,25?;22-/m00/s1. The topological polar surface area (TPSA) is 173 Å². The predicted octanol–water partition coefficient (Wildman–Crippen LogP) is 10.4. The first-order chi connectivity index (χ1) is 38.0. The molecule has 0 fully saturated rings. The second-order valence-corrected chi connectivity index (χ2v) is 17.9. The Morgan fingerprint density at radius 1 is 0.633 bits per heavy atom. The molecule has 412 valence electrons. The van der Waals surface area contributed by atoms with Crippen LogP contribution in [0.1, 0.15) is 50.8 Å². The number of pyridine rings is 2. The fourth-order valence-corrected chi connectivity index (χ4v) is 9.29. The summed E-state index contributed by atoms with van der Waals surface area (Å²) in [5.41, 5.74) is 3.49. The number of hydrogen-bond donors (Lipinski definition) is 2. The molecule has 0 radical (unpaired) electrons. The number of methoxy groups -OCH3 is 5. The van der Waals surface area contributed by atoms with E-state index in [1.807, 2.05) is 19.1 Å². The lowest BCUT2D eigenvalue weighted by Gasteiger charge is -2.28. The highest BCUT2D eigenvalue weighted by Gasteiger charge is 2.32. The maximum atomic E-state index is 14.3. The lowest BCUT2D eigenvalue weighted by atomic mass is 9.86. The van der Waals surface area contributed by atoms with Crippen molar-refractivity contribution in [3.63, 3.8) is 0 Å². The quantitative estimate of drug-likeness (QED) is 0.0616. The minimum atomic E-state index is -1.31. The molecule has 2 amide bonds. The Morgan fingerprint density at radius 2 is 1.18 bits per heavy atom. The van der Waals surface area contributed by atoms with Crippen molar-refractivity contribution in [3.05, 3.63) is 189 Å². The summed E-state index contributed by atoms with van der Waals surface area (Å²) in [4.78, 5) is 59.6. The summed E-state index contributed by atoms with van der Waals surface area (Å²) in [7, 11) is 6.77. The minimum Gasteiger partial charge on any atom is -0.496 e. The lowest BCUT2D eigenvalue weighted by Crippen LogP contribution is -2.43. The Morgan fingerprint density at radius 3 is 1.71 bits per heavy atom. The number of ether oxygens (including phenoxy) is 6. The highest BCUT2D eigenvalue weighted by Crippen LogP contribution is 2.41.